The molecule has 2 heterocycles. The van der Waals surface area contributed by atoms with E-state index in [2.05, 4.69) is 61.1 Å². The van der Waals surface area contributed by atoms with Crippen molar-refractivity contribution in [1.29, 1.82) is 0 Å². The molecule has 4 N–H and O–H groups in total. The van der Waals surface area contributed by atoms with Crippen LogP contribution >= 0.6 is 0 Å². The molecule has 1 aromatic heterocycles. The van der Waals surface area contributed by atoms with Crippen LogP contribution in [0.25, 0.3) is 22.0 Å². The van der Waals surface area contributed by atoms with Gasteiger partial charge in [-0.25, -0.2) is 4.99 Å². The Morgan fingerprint density at radius 3 is 2.40 bits per heavy atom. The van der Waals surface area contributed by atoms with Crippen molar-refractivity contribution >= 4 is 34.1 Å². The van der Waals surface area contributed by atoms with Gasteiger partial charge in [0.1, 0.15) is 5.78 Å². The molecule has 0 bridgehead atoms. The van der Waals surface area contributed by atoms with E-state index < -0.39 is 5.92 Å². The van der Waals surface area contributed by atoms with Gasteiger partial charge < -0.3 is 11.1 Å². The number of anilines is 1. The van der Waals surface area contributed by atoms with Crippen LogP contribution in [0.15, 0.2) is 88.1 Å². The van der Waals surface area contributed by atoms with E-state index >= 15 is 0 Å². The first-order valence-electron chi connectivity index (χ1n) is 14.6. The topological polar surface area (TPSA) is 138 Å². The van der Waals surface area contributed by atoms with E-state index in [1.165, 1.54) is 0 Å². The molecule has 4 aromatic rings. The summed E-state index contributed by atoms with van der Waals surface area (Å²) in [5.41, 5.74) is 11.5. The van der Waals surface area contributed by atoms with E-state index in [0.717, 1.165) is 58.8 Å². The highest BCUT2D eigenvalue weighted by Gasteiger charge is 2.30. The highest BCUT2D eigenvalue weighted by molar-refractivity contribution is 6.01. The van der Waals surface area contributed by atoms with E-state index in [9.17, 15) is 9.59 Å². The number of aromatic amines is 1. The Morgan fingerprint density at radius 1 is 0.953 bits per heavy atom. The zero-order valence-corrected chi connectivity index (χ0v) is 23.5. The number of hydrogen-bond donors (Lipinski definition) is 3. The van der Waals surface area contributed by atoms with Gasteiger partial charge in [-0.05, 0) is 91.6 Å². The highest BCUT2D eigenvalue weighted by atomic mass is 16.2. The molecule has 222 valence electrons. The molecule has 2 aliphatic rings. The average Bonchev–Trinajstić information content (AvgIpc) is 3.74. The number of nitrogens with zero attached hydrogens (tertiary/aromatic N) is 4. The van der Waals surface area contributed by atoms with Gasteiger partial charge in [-0.1, -0.05) is 43.8 Å². The molecule has 0 spiro atoms. The fourth-order valence-corrected chi connectivity index (χ4v) is 6.04. The summed E-state index contributed by atoms with van der Waals surface area (Å²) in [7, 11) is 0. The number of amides is 1. The average molecular weight is 578 g/mol. The summed E-state index contributed by atoms with van der Waals surface area (Å²) in [6.07, 6.45) is 6.19. The van der Waals surface area contributed by atoms with Crippen molar-refractivity contribution in [2.24, 2.45) is 38.7 Å². The lowest BCUT2D eigenvalue weighted by Crippen LogP contribution is -2.31. The maximum Gasteiger partial charge on any atom is 0.228 e. The van der Waals surface area contributed by atoms with E-state index in [1.807, 2.05) is 42.6 Å². The van der Waals surface area contributed by atoms with Gasteiger partial charge in [-0.15, -0.1) is 5.11 Å². The molecule has 9 nitrogen and oxygen atoms in total. The van der Waals surface area contributed by atoms with Crippen LogP contribution in [0.2, 0.25) is 0 Å². The quantitative estimate of drug-likeness (QED) is 0.196. The van der Waals surface area contributed by atoms with Crippen molar-refractivity contribution in [2.75, 3.05) is 18.5 Å². The van der Waals surface area contributed by atoms with Gasteiger partial charge in [0.25, 0.3) is 0 Å². The Bertz CT molecular complexity index is 1610. The summed E-state index contributed by atoms with van der Waals surface area (Å²) in [6.45, 7) is 1.02. The van der Waals surface area contributed by atoms with Gasteiger partial charge in [-0.2, -0.15) is 10.2 Å². The van der Waals surface area contributed by atoms with E-state index in [4.69, 9.17) is 5.73 Å². The fraction of sp³-hybridized carbons (Fsp3) is 0.353. The number of azo groups is 1. The zero-order chi connectivity index (χ0) is 28.9. The van der Waals surface area contributed by atoms with Gasteiger partial charge in [0.15, 0.2) is 12.5 Å². The zero-order valence-electron chi connectivity index (χ0n) is 23.5. The first kappa shape index (κ1) is 30.0. The van der Waals surface area contributed by atoms with Crippen molar-refractivity contribution < 1.29 is 9.59 Å². The molecular weight excluding hydrogens is 538 g/mol. The minimum atomic E-state index is -0.486. The Morgan fingerprint density at radius 2 is 1.70 bits per heavy atom. The molecular formula is C34H39N7O2. The van der Waals surface area contributed by atoms with Crippen molar-refractivity contribution in [3.63, 3.8) is 0 Å². The SMILES string of the molecule is C.NCC1CCC(C(=O)C[C@@H](Cc2ccc(-c3cccc4[nH]ncc34)cc2)C(=O)Nc2ccc(C3=NCN=N3)cc2)CC1. The number of fused-ring (bicyclic) bond motifs is 1. The molecule has 43 heavy (non-hydrogen) atoms. The maximum atomic E-state index is 13.6. The lowest BCUT2D eigenvalue weighted by molar-refractivity contribution is -0.129. The van der Waals surface area contributed by atoms with E-state index in [0.29, 0.717) is 37.1 Å². The number of amidine groups is 1. The smallest absolute Gasteiger partial charge is 0.228 e. The molecule has 1 aliphatic carbocycles. The van der Waals surface area contributed by atoms with Crippen LogP contribution < -0.4 is 11.1 Å². The largest absolute Gasteiger partial charge is 0.330 e. The second-order valence-electron chi connectivity index (χ2n) is 11.3. The number of rotatable bonds is 10. The molecule has 0 saturated heterocycles. The van der Waals surface area contributed by atoms with Gasteiger partial charge in [0, 0.05) is 34.9 Å². The lowest BCUT2D eigenvalue weighted by atomic mass is 9.77. The van der Waals surface area contributed by atoms with E-state index in [-0.39, 0.29) is 31.5 Å². The normalized spacial score (nSPS) is 18.6. The molecule has 1 aliphatic heterocycles. The van der Waals surface area contributed by atoms with Crippen LogP contribution in [-0.2, 0) is 16.0 Å². The third-order valence-corrected chi connectivity index (χ3v) is 8.55. The van der Waals surface area contributed by atoms with Crippen molar-refractivity contribution in [1.82, 2.24) is 10.2 Å². The molecule has 1 amide bonds. The predicted molar refractivity (Wildman–Crippen MR) is 171 cm³/mol. The third kappa shape index (κ3) is 6.94. The van der Waals surface area contributed by atoms with Crippen LogP contribution in [0, 0.1) is 17.8 Å². The van der Waals surface area contributed by atoms with Crippen molar-refractivity contribution in [3.8, 4) is 11.1 Å². The number of aromatic nitrogens is 2. The van der Waals surface area contributed by atoms with Gasteiger partial charge >= 0.3 is 0 Å². The monoisotopic (exact) mass is 577 g/mol. The van der Waals surface area contributed by atoms with Crippen LogP contribution in [0.5, 0.6) is 0 Å². The summed E-state index contributed by atoms with van der Waals surface area (Å²) in [5.74, 6) is 0.625. The fourth-order valence-electron chi connectivity index (χ4n) is 6.04. The van der Waals surface area contributed by atoms with Crippen molar-refractivity contribution in [2.45, 2.75) is 46.0 Å². The second kappa shape index (κ2) is 13.6. The highest BCUT2D eigenvalue weighted by Crippen LogP contribution is 2.32. The number of H-pyrrole nitrogens is 1. The molecule has 1 fully saturated rings. The Balaban J connectivity index is 0.00000368. The number of carbonyl (C=O) groups is 2. The number of nitrogens with two attached hydrogens (primary N) is 1. The number of ketones is 1. The molecule has 0 unspecified atom stereocenters. The summed E-state index contributed by atoms with van der Waals surface area (Å²) in [4.78, 5) is 31.3. The number of nitrogens with one attached hydrogen (secondary N) is 2. The first-order chi connectivity index (χ1) is 20.6. The maximum absolute atomic E-state index is 13.6. The number of hydrogen-bond acceptors (Lipinski definition) is 7. The number of aliphatic imine (C=N–C) groups is 1. The predicted octanol–water partition coefficient (Wildman–Crippen LogP) is 6.56. The lowest BCUT2D eigenvalue weighted by Gasteiger charge is -2.27. The molecule has 6 rings (SSSR count). The standard InChI is InChI=1S/C33H35N7O2.CH4/c34-18-22-6-10-24(11-7-22)31(41)17-26(33(42)38-27-14-12-25(13-15-27)32-35-20-37-40-32)16-21-4-8-23(9-5-21)28-2-1-3-30-29(28)19-36-39-30;/h1-5,8-9,12-15,19,22,24,26H,6-7,10-11,16-18,20,34H2,(H,36,39)(H,38,42);1H4/t22?,24?,26-;/m1./s1. The molecule has 9 heteroatoms. The molecule has 0 radical (unpaired) electrons. The third-order valence-electron chi connectivity index (χ3n) is 8.55. The summed E-state index contributed by atoms with van der Waals surface area (Å²) >= 11 is 0. The first-order valence-corrected chi connectivity index (χ1v) is 14.6. The van der Waals surface area contributed by atoms with Crippen LogP contribution in [0.4, 0.5) is 5.69 Å². The van der Waals surface area contributed by atoms with Gasteiger partial charge in [-0.3, -0.25) is 14.7 Å². The molecule has 1 atom stereocenters. The summed E-state index contributed by atoms with van der Waals surface area (Å²) in [6, 6.07) is 21.8. The van der Waals surface area contributed by atoms with E-state index in [1.54, 1.807) is 0 Å². The molecule has 3 aromatic carbocycles. The number of Topliss-reactive ketones (excluding diaryl/α,β-unsaturated/α-hetero) is 1. The molecule has 1 saturated carbocycles. The van der Waals surface area contributed by atoms with Crippen LogP contribution in [-0.4, -0.2) is 40.9 Å². The Hall–Kier alpha value is -4.50. The Labute approximate surface area is 252 Å². The van der Waals surface area contributed by atoms with Gasteiger partial charge in [0.2, 0.25) is 5.91 Å². The van der Waals surface area contributed by atoms with Crippen molar-refractivity contribution in [3.05, 3.63) is 84.1 Å². The second-order valence-corrected chi connectivity index (χ2v) is 11.3. The number of carbonyl (C=O) groups excluding carboxylic acids is 2. The van der Waals surface area contributed by atoms with Gasteiger partial charge in [0.05, 0.1) is 11.7 Å². The summed E-state index contributed by atoms with van der Waals surface area (Å²) in [5, 5.41) is 19.2. The Kier molecular flexibility index (Phi) is 9.51. The minimum absolute atomic E-state index is 0. The summed E-state index contributed by atoms with van der Waals surface area (Å²) < 4.78 is 0. The van der Waals surface area contributed by atoms with Crippen LogP contribution in [0.3, 0.4) is 0 Å². The van der Waals surface area contributed by atoms with Crippen LogP contribution in [0.1, 0.15) is 50.7 Å². The minimum Gasteiger partial charge on any atom is -0.330 e. The number of benzene rings is 3.